The van der Waals surface area contributed by atoms with Gasteiger partial charge in [0, 0.05) is 11.0 Å². The van der Waals surface area contributed by atoms with E-state index in [0.29, 0.717) is 19.4 Å². The summed E-state index contributed by atoms with van der Waals surface area (Å²) in [6.07, 6.45) is 8.89. The summed E-state index contributed by atoms with van der Waals surface area (Å²) in [6.45, 7) is 2.52. The van der Waals surface area contributed by atoms with Crippen LogP contribution < -0.4 is 0 Å². The SMILES string of the molecule is C[C@]12C[C@H](c3ccoc3)OC(=O)C1CC[C@@]13COC(=O)[C@@H]1C=C[C@H]1O[C@]132. The van der Waals surface area contributed by atoms with E-state index in [4.69, 9.17) is 18.6 Å². The zero-order valence-corrected chi connectivity index (χ0v) is 14.5. The first kappa shape index (κ1) is 15.0. The molecular formula is C20H20O6. The van der Waals surface area contributed by atoms with Gasteiger partial charge in [0.15, 0.2) is 0 Å². The highest BCUT2D eigenvalue weighted by molar-refractivity contribution is 5.81. The van der Waals surface area contributed by atoms with Crippen molar-refractivity contribution in [3.05, 3.63) is 36.3 Å². The van der Waals surface area contributed by atoms with Gasteiger partial charge in [-0.1, -0.05) is 19.1 Å². The number of epoxide rings is 1. The highest BCUT2D eigenvalue weighted by atomic mass is 16.6. The molecule has 26 heavy (non-hydrogen) atoms. The first-order valence-electron chi connectivity index (χ1n) is 9.27. The van der Waals surface area contributed by atoms with Gasteiger partial charge in [-0.2, -0.15) is 0 Å². The van der Waals surface area contributed by atoms with Crippen LogP contribution in [0.3, 0.4) is 0 Å². The van der Waals surface area contributed by atoms with Gasteiger partial charge >= 0.3 is 11.9 Å². The fraction of sp³-hybridized carbons (Fsp3) is 0.600. The van der Waals surface area contributed by atoms with Crippen LogP contribution in [0.2, 0.25) is 0 Å². The van der Waals surface area contributed by atoms with Crippen molar-refractivity contribution in [3.63, 3.8) is 0 Å². The molecular weight excluding hydrogens is 336 g/mol. The molecule has 4 fully saturated rings. The van der Waals surface area contributed by atoms with Crippen LogP contribution >= 0.6 is 0 Å². The molecule has 2 spiro atoms. The highest BCUT2D eigenvalue weighted by Gasteiger charge is 2.84. The minimum absolute atomic E-state index is 0.0584. The van der Waals surface area contributed by atoms with Gasteiger partial charge in [0.05, 0.1) is 29.8 Å². The Kier molecular flexibility index (Phi) is 2.55. The average Bonchev–Trinajstić information content (AvgIpc) is 2.99. The Labute approximate surface area is 150 Å². The van der Waals surface area contributed by atoms with Gasteiger partial charge in [0.25, 0.3) is 0 Å². The number of hydrogen-bond donors (Lipinski definition) is 0. The van der Waals surface area contributed by atoms with E-state index in [9.17, 15) is 9.59 Å². The lowest BCUT2D eigenvalue weighted by Crippen LogP contribution is -2.65. The summed E-state index contributed by atoms with van der Waals surface area (Å²) in [5, 5.41) is 0. The first-order chi connectivity index (χ1) is 12.5. The number of ether oxygens (including phenoxy) is 3. The van der Waals surface area contributed by atoms with E-state index in [0.717, 1.165) is 12.0 Å². The second-order valence-electron chi connectivity index (χ2n) is 8.60. The first-order valence-corrected chi connectivity index (χ1v) is 9.27. The predicted molar refractivity (Wildman–Crippen MR) is 86.6 cm³/mol. The minimum Gasteiger partial charge on any atom is -0.472 e. The molecule has 3 saturated heterocycles. The third-order valence-electron chi connectivity index (χ3n) is 7.76. The molecule has 1 aromatic heterocycles. The van der Waals surface area contributed by atoms with E-state index in [1.54, 1.807) is 12.5 Å². The number of hydrogen-bond acceptors (Lipinski definition) is 6. The number of carbonyl (C=O) groups is 2. The lowest BCUT2D eigenvalue weighted by Gasteiger charge is -2.57. The standard InChI is InChI=1S/C20H20O6/c1-18-8-14(11-5-7-23-9-11)25-17(22)12(18)4-6-19-10-24-16(21)13(19)2-3-15-20(18,19)26-15/h2-3,5,7,9,12-15H,4,6,8,10H2,1H3/t12?,13-,14+,15+,18-,19+,20-/m0/s1. The van der Waals surface area contributed by atoms with Crippen molar-refractivity contribution in [2.75, 3.05) is 6.61 Å². The van der Waals surface area contributed by atoms with Crippen LogP contribution in [0.1, 0.15) is 37.9 Å². The van der Waals surface area contributed by atoms with Gasteiger partial charge in [-0.15, -0.1) is 0 Å². The van der Waals surface area contributed by atoms with E-state index in [-0.39, 0.29) is 41.4 Å². The molecule has 0 radical (unpaired) electrons. The highest BCUT2D eigenvalue weighted by Crippen LogP contribution is 2.76. The molecule has 1 saturated carbocycles. The molecule has 5 aliphatic rings. The third kappa shape index (κ3) is 1.43. The smallest absolute Gasteiger partial charge is 0.313 e. The van der Waals surface area contributed by atoms with E-state index in [2.05, 4.69) is 6.92 Å². The van der Waals surface area contributed by atoms with Crippen molar-refractivity contribution in [3.8, 4) is 0 Å². The van der Waals surface area contributed by atoms with Crippen molar-refractivity contribution in [1.82, 2.24) is 0 Å². The third-order valence-corrected chi connectivity index (χ3v) is 7.76. The van der Waals surface area contributed by atoms with Crippen LogP contribution in [0.15, 0.2) is 35.2 Å². The second kappa shape index (κ2) is 4.42. The Hall–Kier alpha value is -2.08. The summed E-state index contributed by atoms with van der Waals surface area (Å²) in [5.74, 6) is -0.824. The van der Waals surface area contributed by atoms with E-state index >= 15 is 0 Å². The summed E-state index contributed by atoms with van der Waals surface area (Å²) in [7, 11) is 0. The molecule has 2 aliphatic carbocycles. The van der Waals surface area contributed by atoms with Crippen molar-refractivity contribution in [2.45, 2.75) is 44.0 Å². The molecule has 1 unspecified atom stereocenters. The summed E-state index contributed by atoms with van der Waals surface area (Å²) < 4.78 is 22.8. The molecule has 136 valence electrons. The maximum atomic E-state index is 12.9. The molecule has 1 aromatic rings. The Morgan fingerprint density at radius 1 is 1.19 bits per heavy atom. The largest absolute Gasteiger partial charge is 0.472 e. The van der Waals surface area contributed by atoms with Gasteiger partial charge in [0.1, 0.15) is 24.4 Å². The van der Waals surface area contributed by atoms with Crippen molar-refractivity contribution < 1.29 is 28.2 Å². The average molecular weight is 356 g/mol. The molecule has 6 nitrogen and oxygen atoms in total. The van der Waals surface area contributed by atoms with E-state index < -0.39 is 11.0 Å². The van der Waals surface area contributed by atoms with E-state index in [1.807, 2.05) is 18.2 Å². The number of furan rings is 1. The minimum atomic E-state index is -0.532. The van der Waals surface area contributed by atoms with Crippen molar-refractivity contribution in [2.24, 2.45) is 22.7 Å². The fourth-order valence-electron chi connectivity index (χ4n) is 6.55. The molecule has 0 bridgehead atoms. The Morgan fingerprint density at radius 2 is 2.08 bits per heavy atom. The van der Waals surface area contributed by atoms with Gasteiger partial charge in [-0.05, 0) is 25.3 Å². The number of fused-ring (bicyclic) bond motifs is 1. The van der Waals surface area contributed by atoms with E-state index in [1.165, 1.54) is 0 Å². The van der Waals surface area contributed by atoms with Gasteiger partial charge < -0.3 is 18.6 Å². The summed E-state index contributed by atoms with van der Waals surface area (Å²) >= 11 is 0. The molecule has 7 atom stereocenters. The Balaban J connectivity index is 1.49. The van der Waals surface area contributed by atoms with Crippen molar-refractivity contribution >= 4 is 11.9 Å². The molecule has 3 aliphatic heterocycles. The molecule has 0 N–H and O–H groups in total. The number of carbonyl (C=O) groups excluding carboxylic acids is 2. The monoisotopic (exact) mass is 356 g/mol. The van der Waals surface area contributed by atoms with Gasteiger partial charge in [0.2, 0.25) is 0 Å². The van der Waals surface area contributed by atoms with Crippen LogP contribution in [0, 0.1) is 22.7 Å². The van der Waals surface area contributed by atoms with Crippen LogP contribution in [-0.4, -0.2) is 30.3 Å². The van der Waals surface area contributed by atoms with Gasteiger partial charge in [-0.25, -0.2) is 0 Å². The van der Waals surface area contributed by atoms with Crippen LogP contribution in [0.5, 0.6) is 0 Å². The molecule has 0 aromatic carbocycles. The van der Waals surface area contributed by atoms with Crippen molar-refractivity contribution in [1.29, 1.82) is 0 Å². The number of rotatable bonds is 1. The molecule has 4 heterocycles. The van der Waals surface area contributed by atoms with Gasteiger partial charge in [-0.3, -0.25) is 9.59 Å². The lowest BCUT2D eigenvalue weighted by molar-refractivity contribution is -0.198. The van der Waals surface area contributed by atoms with Crippen LogP contribution in [0.25, 0.3) is 0 Å². The Morgan fingerprint density at radius 3 is 2.88 bits per heavy atom. The normalized spacial score (nSPS) is 50.8. The molecule has 6 heteroatoms. The topological polar surface area (TPSA) is 78.3 Å². The number of cyclic esters (lactones) is 2. The second-order valence-corrected chi connectivity index (χ2v) is 8.60. The van der Waals surface area contributed by atoms with Crippen LogP contribution in [-0.2, 0) is 23.8 Å². The fourth-order valence-corrected chi connectivity index (χ4v) is 6.55. The number of esters is 2. The quantitative estimate of drug-likeness (QED) is 0.437. The lowest BCUT2D eigenvalue weighted by atomic mass is 9.44. The maximum Gasteiger partial charge on any atom is 0.313 e. The maximum absolute atomic E-state index is 12.9. The zero-order valence-electron chi connectivity index (χ0n) is 14.5. The Bertz CT molecular complexity index is 842. The molecule has 6 rings (SSSR count). The van der Waals surface area contributed by atoms with Crippen LogP contribution in [0.4, 0.5) is 0 Å². The predicted octanol–water partition coefficient (Wildman–Crippen LogP) is 2.55. The summed E-state index contributed by atoms with van der Waals surface area (Å²) in [6, 6.07) is 1.84. The molecule has 0 amide bonds. The zero-order chi connectivity index (χ0) is 17.7. The summed E-state index contributed by atoms with van der Waals surface area (Å²) in [4.78, 5) is 25.3. The summed E-state index contributed by atoms with van der Waals surface area (Å²) in [5.41, 5.74) is -0.444.